The van der Waals surface area contributed by atoms with Crippen LogP contribution < -0.4 is 4.90 Å². The van der Waals surface area contributed by atoms with E-state index in [0.717, 1.165) is 34.5 Å². The number of rotatable bonds is 9. The van der Waals surface area contributed by atoms with Gasteiger partial charge >= 0.3 is 0 Å². The van der Waals surface area contributed by atoms with Crippen LogP contribution in [0.5, 0.6) is 0 Å². The Balaban J connectivity index is 1.67. The van der Waals surface area contributed by atoms with Crippen LogP contribution in [0.4, 0.5) is 11.4 Å². The smallest absolute Gasteiger partial charge is 0.0802 e. The van der Waals surface area contributed by atoms with Crippen LogP contribution in [0.25, 0.3) is 5.57 Å². The number of fused-ring (bicyclic) bond motifs is 2. The Labute approximate surface area is 162 Å². The van der Waals surface area contributed by atoms with Gasteiger partial charge in [-0.05, 0) is 30.5 Å². The van der Waals surface area contributed by atoms with Gasteiger partial charge in [-0.25, -0.2) is 0 Å². The molecule has 2 unspecified atom stereocenters. The van der Waals surface area contributed by atoms with E-state index in [2.05, 4.69) is 42.7 Å². The number of aliphatic hydroxyl groups is 1. The van der Waals surface area contributed by atoms with E-state index in [-0.39, 0.29) is 6.10 Å². The summed E-state index contributed by atoms with van der Waals surface area (Å²) < 4.78 is 10.9. The molecule has 4 nitrogen and oxygen atoms in total. The highest BCUT2D eigenvalue weighted by Gasteiger charge is 2.25. The number of ether oxygens (including phenoxy) is 2. The third-order valence-corrected chi connectivity index (χ3v) is 5.13. The van der Waals surface area contributed by atoms with Gasteiger partial charge in [0.05, 0.1) is 25.4 Å². The SMILES string of the molecule is C=C1c2ccccc2N(CCC(O)COCC(CC)OC)c2ccccc21. The van der Waals surface area contributed by atoms with Crippen molar-refractivity contribution < 1.29 is 14.6 Å². The van der Waals surface area contributed by atoms with Crippen molar-refractivity contribution in [1.29, 1.82) is 0 Å². The predicted octanol–water partition coefficient (Wildman–Crippen LogP) is 4.39. The van der Waals surface area contributed by atoms with Crippen LogP contribution in [-0.2, 0) is 9.47 Å². The first-order valence-electron chi connectivity index (χ1n) is 9.59. The van der Waals surface area contributed by atoms with Crippen molar-refractivity contribution in [1.82, 2.24) is 0 Å². The van der Waals surface area contributed by atoms with Crippen molar-refractivity contribution in [2.24, 2.45) is 0 Å². The second-order valence-corrected chi connectivity index (χ2v) is 6.91. The number of para-hydroxylation sites is 2. The fourth-order valence-corrected chi connectivity index (χ4v) is 3.49. The Hall–Kier alpha value is -2.14. The summed E-state index contributed by atoms with van der Waals surface area (Å²) >= 11 is 0. The highest BCUT2D eigenvalue weighted by molar-refractivity contribution is 5.96. The molecule has 0 aliphatic carbocycles. The molecule has 0 aromatic heterocycles. The summed E-state index contributed by atoms with van der Waals surface area (Å²) in [4.78, 5) is 2.27. The molecule has 144 valence electrons. The highest BCUT2D eigenvalue weighted by Crippen LogP contribution is 2.43. The third-order valence-electron chi connectivity index (χ3n) is 5.13. The number of methoxy groups -OCH3 is 1. The van der Waals surface area contributed by atoms with Gasteiger partial charge in [0, 0.05) is 36.2 Å². The van der Waals surface area contributed by atoms with Crippen LogP contribution >= 0.6 is 0 Å². The lowest BCUT2D eigenvalue weighted by Gasteiger charge is -2.35. The zero-order valence-corrected chi connectivity index (χ0v) is 16.2. The third kappa shape index (κ3) is 4.41. The lowest BCUT2D eigenvalue weighted by Crippen LogP contribution is -2.29. The molecule has 0 amide bonds. The summed E-state index contributed by atoms with van der Waals surface area (Å²) in [6.07, 6.45) is 1.10. The second-order valence-electron chi connectivity index (χ2n) is 6.91. The number of hydrogen-bond acceptors (Lipinski definition) is 4. The van der Waals surface area contributed by atoms with Crippen LogP contribution in [0.3, 0.4) is 0 Å². The molecule has 1 aliphatic rings. The molecule has 0 saturated carbocycles. The first kappa shape index (κ1) is 19.6. The molecule has 1 heterocycles. The van der Waals surface area contributed by atoms with Gasteiger partial charge in [0.25, 0.3) is 0 Å². The van der Waals surface area contributed by atoms with E-state index in [1.54, 1.807) is 7.11 Å². The molecule has 4 heteroatoms. The number of hydrogen-bond donors (Lipinski definition) is 1. The van der Waals surface area contributed by atoms with Crippen molar-refractivity contribution in [3.8, 4) is 0 Å². The van der Waals surface area contributed by atoms with Gasteiger partial charge in [0.1, 0.15) is 0 Å². The van der Waals surface area contributed by atoms with E-state index >= 15 is 0 Å². The molecule has 27 heavy (non-hydrogen) atoms. The summed E-state index contributed by atoms with van der Waals surface area (Å²) in [5.41, 5.74) is 5.62. The Bertz CT molecular complexity index is 720. The fourth-order valence-electron chi connectivity index (χ4n) is 3.49. The van der Waals surface area contributed by atoms with E-state index in [0.29, 0.717) is 26.2 Å². The molecular formula is C23H29NO3. The quantitative estimate of drug-likeness (QED) is 0.714. The molecule has 3 rings (SSSR count). The van der Waals surface area contributed by atoms with Crippen LogP contribution in [0.2, 0.25) is 0 Å². The van der Waals surface area contributed by atoms with Crippen LogP contribution in [0.15, 0.2) is 55.1 Å². The van der Waals surface area contributed by atoms with Gasteiger partial charge < -0.3 is 19.5 Å². The van der Waals surface area contributed by atoms with Crippen molar-refractivity contribution in [2.45, 2.75) is 32.0 Å². The van der Waals surface area contributed by atoms with Gasteiger partial charge in [0.2, 0.25) is 0 Å². The maximum absolute atomic E-state index is 10.4. The summed E-state index contributed by atoms with van der Waals surface area (Å²) in [7, 11) is 1.69. The Kier molecular flexibility index (Phi) is 6.67. The van der Waals surface area contributed by atoms with Gasteiger partial charge in [-0.1, -0.05) is 49.9 Å². The minimum atomic E-state index is -0.510. The summed E-state index contributed by atoms with van der Waals surface area (Å²) in [5.74, 6) is 0. The largest absolute Gasteiger partial charge is 0.391 e. The number of anilines is 2. The summed E-state index contributed by atoms with van der Waals surface area (Å²) in [6.45, 7) is 7.91. The zero-order chi connectivity index (χ0) is 19.2. The summed E-state index contributed by atoms with van der Waals surface area (Å²) in [5, 5.41) is 10.4. The highest BCUT2D eigenvalue weighted by atomic mass is 16.5. The molecule has 0 spiro atoms. The molecule has 0 radical (unpaired) electrons. The summed E-state index contributed by atoms with van der Waals surface area (Å²) in [6, 6.07) is 16.6. The van der Waals surface area contributed by atoms with Crippen LogP contribution in [-0.4, -0.2) is 44.2 Å². The molecule has 0 bridgehead atoms. The Morgan fingerprint density at radius 3 is 2.15 bits per heavy atom. The van der Waals surface area contributed by atoms with E-state index in [1.807, 2.05) is 24.3 Å². The fraction of sp³-hybridized carbons (Fsp3) is 0.391. The van der Waals surface area contributed by atoms with Crippen molar-refractivity contribution >= 4 is 16.9 Å². The molecule has 0 fully saturated rings. The van der Waals surface area contributed by atoms with E-state index in [9.17, 15) is 5.11 Å². The molecule has 1 N–H and O–H groups in total. The van der Waals surface area contributed by atoms with Crippen molar-refractivity contribution in [3.05, 3.63) is 66.2 Å². The Morgan fingerprint density at radius 2 is 1.59 bits per heavy atom. The van der Waals surface area contributed by atoms with Crippen LogP contribution in [0, 0.1) is 0 Å². The van der Waals surface area contributed by atoms with E-state index in [1.165, 1.54) is 0 Å². The Morgan fingerprint density at radius 1 is 1.00 bits per heavy atom. The van der Waals surface area contributed by atoms with Gasteiger partial charge in [-0.15, -0.1) is 0 Å². The average Bonchev–Trinajstić information content (AvgIpc) is 2.71. The topological polar surface area (TPSA) is 41.9 Å². The molecule has 0 saturated heterocycles. The minimum Gasteiger partial charge on any atom is -0.391 e. The maximum atomic E-state index is 10.4. The lowest BCUT2D eigenvalue weighted by atomic mass is 9.91. The van der Waals surface area contributed by atoms with Crippen molar-refractivity contribution in [2.75, 3.05) is 31.8 Å². The van der Waals surface area contributed by atoms with Crippen molar-refractivity contribution in [3.63, 3.8) is 0 Å². The molecule has 2 atom stereocenters. The molecular weight excluding hydrogens is 338 g/mol. The lowest BCUT2D eigenvalue weighted by molar-refractivity contribution is -0.0250. The average molecular weight is 367 g/mol. The monoisotopic (exact) mass is 367 g/mol. The van der Waals surface area contributed by atoms with Gasteiger partial charge in [0.15, 0.2) is 0 Å². The first-order chi connectivity index (χ1) is 13.2. The van der Waals surface area contributed by atoms with E-state index < -0.39 is 6.10 Å². The standard InChI is InChI=1S/C23H29NO3/c1-4-19(26-3)16-27-15-18(25)13-14-24-22-11-7-5-9-20(22)17(2)21-10-6-8-12-23(21)24/h5-12,18-19,25H,2,4,13-16H2,1,3H3. The van der Waals surface area contributed by atoms with Crippen LogP contribution in [0.1, 0.15) is 30.9 Å². The minimum absolute atomic E-state index is 0.0871. The van der Waals surface area contributed by atoms with E-state index in [4.69, 9.17) is 9.47 Å². The number of benzene rings is 2. The molecule has 1 aliphatic heterocycles. The number of nitrogens with zero attached hydrogens (tertiary/aromatic N) is 1. The van der Waals surface area contributed by atoms with Gasteiger partial charge in [-0.3, -0.25) is 0 Å². The molecule has 2 aromatic rings. The molecule has 2 aromatic carbocycles. The normalized spacial score (nSPS) is 15.2. The predicted molar refractivity (Wildman–Crippen MR) is 111 cm³/mol. The maximum Gasteiger partial charge on any atom is 0.0802 e. The number of aliphatic hydroxyl groups excluding tert-OH is 1. The first-order valence-corrected chi connectivity index (χ1v) is 9.59. The van der Waals surface area contributed by atoms with Gasteiger partial charge in [-0.2, -0.15) is 0 Å². The second kappa shape index (κ2) is 9.18. The zero-order valence-electron chi connectivity index (χ0n) is 16.2.